The Labute approximate surface area is 403 Å². The van der Waals surface area contributed by atoms with Gasteiger partial charge in [0.25, 0.3) is 0 Å². The largest absolute Gasteiger partial charge is 0.494 e. The Morgan fingerprint density at radius 3 is 1.82 bits per heavy atom. The number of ether oxygens (including phenoxy) is 6. The van der Waals surface area contributed by atoms with Crippen molar-refractivity contribution in [2.75, 3.05) is 38.0 Å². The number of anilines is 1. The smallest absolute Gasteiger partial charge is 0.343 e. The highest BCUT2D eigenvalue weighted by molar-refractivity contribution is 7.22. The molecule has 0 N–H and O–H groups in total. The van der Waals surface area contributed by atoms with Crippen LogP contribution in [0.15, 0.2) is 134 Å². The molecule has 0 saturated heterocycles. The lowest BCUT2D eigenvalue weighted by molar-refractivity contribution is -0.138. The van der Waals surface area contributed by atoms with Gasteiger partial charge in [0.2, 0.25) is 5.13 Å². The number of thiazole rings is 1. The topological polar surface area (TPSA) is 135 Å². The van der Waals surface area contributed by atoms with E-state index in [1.54, 1.807) is 47.9 Å². The molecular formula is C55H61N3O9S. The summed E-state index contributed by atoms with van der Waals surface area (Å²) < 4.78 is 36.0. The van der Waals surface area contributed by atoms with Crippen molar-refractivity contribution < 1.29 is 42.8 Å². The molecule has 6 aromatic rings. The molecule has 1 heterocycles. The van der Waals surface area contributed by atoms with E-state index >= 15 is 0 Å². The van der Waals surface area contributed by atoms with Crippen LogP contribution >= 0.6 is 11.3 Å². The molecule has 0 saturated carbocycles. The van der Waals surface area contributed by atoms with Crippen LogP contribution in [-0.2, 0) is 19.1 Å². The van der Waals surface area contributed by atoms with E-state index in [1.807, 2.05) is 71.7 Å². The van der Waals surface area contributed by atoms with Crippen LogP contribution in [0.25, 0.3) is 21.0 Å². The quantitative estimate of drug-likeness (QED) is 0.0107. The third-order valence-corrected chi connectivity index (χ3v) is 11.9. The number of carbonyl (C=O) groups excluding carboxylic acids is 3. The van der Waals surface area contributed by atoms with E-state index in [0.29, 0.717) is 72.5 Å². The summed E-state index contributed by atoms with van der Waals surface area (Å²) in [5, 5.41) is 9.21. The second-order valence-corrected chi connectivity index (χ2v) is 17.0. The summed E-state index contributed by atoms with van der Waals surface area (Å²) in [5.74, 6) is 1.54. The molecule has 1 aromatic heterocycles. The van der Waals surface area contributed by atoms with Gasteiger partial charge in [-0.05, 0) is 125 Å². The Kier molecular flexibility index (Phi) is 20.5. The molecule has 0 fully saturated rings. The molecule has 0 atom stereocenters. The van der Waals surface area contributed by atoms with Crippen molar-refractivity contribution in [2.24, 2.45) is 5.10 Å². The number of hydrogen-bond donors (Lipinski definition) is 0. The fourth-order valence-corrected chi connectivity index (χ4v) is 8.10. The SMILES string of the molecule is C=CC(=O)OCCCCCCOc1ccc(Oc2c(/C=N/N(CCCCCC)c3nc4ccccc4s3)cc(OC(=O)c3ccc(OCCCCCCOC(=O)C=C)cc3)c3ccccc23)cc1. The fourth-order valence-electron chi connectivity index (χ4n) is 7.15. The van der Waals surface area contributed by atoms with Crippen molar-refractivity contribution in [3.63, 3.8) is 0 Å². The first-order valence-electron chi connectivity index (χ1n) is 23.5. The Morgan fingerprint density at radius 1 is 0.647 bits per heavy atom. The van der Waals surface area contributed by atoms with Crippen LogP contribution in [0.5, 0.6) is 28.7 Å². The third-order valence-electron chi connectivity index (χ3n) is 10.8. The zero-order chi connectivity index (χ0) is 47.8. The maximum Gasteiger partial charge on any atom is 0.343 e. The van der Waals surface area contributed by atoms with Crippen LogP contribution in [0.4, 0.5) is 5.13 Å². The molecule has 68 heavy (non-hydrogen) atoms. The van der Waals surface area contributed by atoms with E-state index in [-0.39, 0.29) is 0 Å². The third kappa shape index (κ3) is 15.8. The summed E-state index contributed by atoms with van der Waals surface area (Å²) >= 11 is 1.59. The minimum atomic E-state index is -0.521. The summed E-state index contributed by atoms with van der Waals surface area (Å²) in [5.41, 5.74) is 1.89. The van der Waals surface area contributed by atoms with Gasteiger partial charge < -0.3 is 28.4 Å². The van der Waals surface area contributed by atoms with Crippen molar-refractivity contribution in [3.05, 3.63) is 140 Å². The Hall–Kier alpha value is -6.99. The first-order chi connectivity index (χ1) is 33.3. The predicted molar refractivity (Wildman–Crippen MR) is 271 cm³/mol. The van der Waals surface area contributed by atoms with Gasteiger partial charge in [-0.1, -0.05) is 87.1 Å². The number of rotatable bonds is 30. The van der Waals surface area contributed by atoms with Gasteiger partial charge in [0.1, 0.15) is 28.7 Å². The summed E-state index contributed by atoms with van der Waals surface area (Å²) in [4.78, 5) is 41.2. The average molecular weight is 940 g/mol. The maximum atomic E-state index is 13.8. The minimum absolute atomic E-state index is 0.356. The van der Waals surface area contributed by atoms with E-state index in [9.17, 15) is 14.4 Å². The van der Waals surface area contributed by atoms with E-state index in [0.717, 1.165) is 104 Å². The molecule has 0 amide bonds. The number of carbonyl (C=O) groups is 3. The van der Waals surface area contributed by atoms with Gasteiger partial charge in [-0.25, -0.2) is 24.4 Å². The van der Waals surface area contributed by atoms with Crippen LogP contribution in [0, 0.1) is 0 Å². The monoisotopic (exact) mass is 939 g/mol. The molecule has 356 valence electrons. The number of fused-ring (bicyclic) bond motifs is 2. The summed E-state index contributed by atoms with van der Waals surface area (Å²) in [6.07, 6.45) is 15.4. The van der Waals surface area contributed by atoms with Gasteiger partial charge >= 0.3 is 17.9 Å². The highest BCUT2D eigenvalue weighted by Crippen LogP contribution is 2.40. The predicted octanol–water partition coefficient (Wildman–Crippen LogP) is 13.2. The van der Waals surface area contributed by atoms with Gasteiger partial charge in [-0.15, -0.1) is 0 Å². The van der Waals surface area contributed by atoms with Gasteiger partial charge in [0.15, 0.2) is 0 Å². The Morgan fingerprint density at radius 2 is 1.21 bits per heavy atom. The molecule has 6 rings (SSSR count). The fraction of sp³-hybridized carbons (Fsp3) is 0.327. The van der Waals surface area contributed by atoms with E-state index in [1.165, 1.54) is 12.2 Å². The zero-order valence-electron chi connectivity index (χ0n) is 38.9. The van der Waals surface area contributed by atoms with E-state index in [4.69, 9.17) is 38.5 Å². The molecule has 0 spiro atoms. The van der Waals surface area contributed by atoms with Gasteiger partial charge in [-0.3, -0.25) is 0 Å². The molecule has 0 unspecified atom stereocenters. The molecule has 0 bridgehead atoms. The second-order valence-electron chi connectivity index (χ2n) is 16.0. The number of hydrogen-bond acceptors (Lipinski definition) is 13. The molecule has 12 nitrogen and oxygen atoms in total. The first-order valence-corrected chi connectivity index (χ1v) is 24.3. The molecular weight excluding hydrogens is 879 g/mol. The van der Waals surface area contributed by atoms with Crippen LogP contribution in [0.3, 0.4) is 0 Å². The molecule has 0 aliphatic carbocycles. The number of para-hydroxylation sites is 1. The van der Waals surface area contributed by atoms with Crippen LogP contribution < -0.4 is 24.0 Å². The van der Waals surface area contributed by atoms with Gasteiger partial charge in [0.05, 0.1) is 48.4 Å². The molecule has 0 aliphatic rings. The lowest BCUT2D eigenvalue weighted by Gasteiger charge is -2.18. The highest BCUT2D eigenvalue weighted by Gasteiger charge is 2.19. The number of hydrazone groups is 1. The summed E-state index contributed by atoms with van der Waals surface area (Å²) in [6, 6.07) is 32.0. The van der Waals surface area contributed by atoms with Crippen LogP contribution in [0.2, 0.25) is 0 Å². The van der Waals surface area contributed by atoms with E-state index < -0.39 is 17.9 Å². The summed E-state index contributed by atoms with van der Waals surface area (Å²) in [6.45, 7) is 11.5. The number of esters is 3. The number of aromatic nitrogens is 1. The Balaban J connectivity index is 1.19. The lowest BCUT2D eigenvalue weighted by Crippen LogP contribution is -2.18. The van der Waals surface area contributed by atoms with Gasteiger partial charge in [0, 0.05) is 35.0 Å². The van der Waals surface area contributed by atoms with Crippen LogP contribution in [-0.4, -0.2) is 62.1 Å². The van der Waals surface area contributed by atoms with E-state index in [2.05, 4.69) is 26.1 Å². The van der Waals surface area contributed by atoms with Crippen molar-refractivity contribution in [1.82, 2.24) is 4.98 Å². The highest BCUT2D eigenvalue weighted by atomic mass is 32.1. The average Bonchev–Trinajstić information content (AvgIpc) is 3.81. The number of unbranched alkanes of at least 4 members (excludes halogenated alkanes) is 9. The molecule has 5 aromatic carbocycles. The van der Waals surface area contributed by atoms with Crippen molar-refractivity contribution in [1.29, 1.82) is 0 Å². The van der Waals surface area contributed by atoms with Gasteiger partial charge in [-0.2, -0.15) is 5.10 Å². The van der Waals surface area contributed by atoms with Crippen molar-refractivity contribution in [2.45, 2.75) is 84.0 Å². The molecule has 13 heteroatoms. The zero-order valence-corrected chi connectivity index (χ0v) is 39.7. The minimum Gasteiger partial charge on any atom is -0.494 e. The number of nitrogens with zero attached hydrogens (tertiary/aromatic N) is 3. The second kappa shape index (κ2) is 27.6. The number of benzene rings is 5. The maximum absolute atomic E-state index is 13.8. The van der Waals surface area contributed by atoms with Crippen molar-refractivity contribution >= 4 is 61.6 Å². The van der Waals surface area contributed by atoms with Crippen molar-refractivity contribution in [3.8, 4) is 28.7 Å². The standard InChI is InChI=1S/C55H61N3O9S/c1-4-7-8-17-34-58(55-57-48-24-15-16-25-50(48)68-55)56-40-42-39-49(67-54(61)41-26-28-43(29-27-41)62-35-18-9-11-20-37-64-51(59)5-2)46-22-13-14-23-47(46)53(42)66-45-32-30-44(31-33-45)63-36-19-10-12-21-38-65-52(60)6-3/h5-6,13-16,22-33,39-40H,2-4,7-12,17-21,34-38H2,1H3/b56-40+. The summed E-state index contributed by atoms with van der Waals surface area (Å²) in [7, 11) is 0. The Bertz CT molecular complexity index is 2560. The molecule has 0 radical (unpaired) electrons. The first kappa shape index (κ1) is 50.4. The molecule has 0 aliphatic heterocycles. The lowest BCUT2D eigenvalue weighted by atomic mass is 10.0. The normalized spacial score (nSPS) is 11.1. The van der Waals surface area contributed by atoms with Crippen LogP contribution in [0.1, 0.15) is 99.9 Å².